The van der Waals surface area contributed by atoms with Gasteiger partial charge in [0, 0.05) is 18.0 Å². The van der Waals surface area contributed by atoms with Crippen LogP contribution in [0.2, 0.25) is 0 Å². The quantitative estimate of drug-likeness (QED) is 0.831. The molecule has 6 heteroatoms. The molecule has 20 heavy (non-hydrogen) atoms. The summed E-state index contributed by atoms with van der Waals surface area (Å²) in [6.45, 7) is 1.06. The highest BCUT2D eigenvalue weighted by Gasteiger charge is 2.14. The second-order valence-electron chi connectivity index (χ2n) is 4.21. The van der Waals surface area contributed by atoms with Crippen molar-refractivity contribution in [3.63, 3.8) is 0 Å². The van der Waals surface area contributed by atoms with Crippen molar-refractivity contribution in [1.29, 1.82) is 5.26 Å². The van der Waals surface area contributed by atoms with Crippen LogP contribution in [-0.2, 0) is 16.4 Å². The molecule has 0 aliphatic carbocycles. The van der Waals surface area contributed by atoms with Crippen molar-refractivity contribution < 1.29 is 8.42 Å². The summed E-state index contributed by atoms with van der Waals surface area (Å²) in [6.07, 6.45) is 0. The van der Waals surface area contributed by atoms with E-state index >= 15 is 0 Å². The Balaban J connectivity index is 1.92. The van der Waals surface area contributed by atoms with Crippen LogP contribution in [0, 0.1) is 11.3 Å². The molecule has 0 aliphatic rings. The van der Waals surface area contributed by atoms with Crippen LogP contribution in [0.25, 0.3) is 0 Å². The number of thiophene rings is 1. The van der Waals surface area contributed by atoms with Crippen LogP contribution in [0.4, 0.5) is 0 Å². The summed E-state index contributed by atoms with van der Waals surface area (Å²) in [4.78, 5) is 1.38. The fourth-order valence-electron chi connectivity index (χ4n) is 1.71. The van der Waals surface area contributed by atoms with Gasteiger partial charge in [0.2, 0.25) is 0 Å². The Morgan fingerprint density at radius 2 is 2.10 bits per heavy atom. The minimum Gasteiger partial charge on any atom is -0.311 e. The molecule has 2 aromatic rings. The summed E-state index contributed by atoms with van der Waals surface area (Å²) in [5.41, 5.74) is 0.359. The molecule has 1 aromatic heterocycles. The zero-order valence-corrected chi connectivity index (χ0v) is 12.4. The summed E-state index contributed by atoms with van der Waals surface area (Å²) in [5.74, 6) is 0.0211. The lowest BCUT2D eigenvalue weighted by atomic mass is 10.2. The molecule has 0 spiro atoms. The number of hydrogen-bond acceptors (Lipinski definition) is 5. The average Bonchev–Trinajstić information content (AvgIpc) is 2.97. The average molecular weight is 306 g/mol. The van der Waals surface area contributed by atoms with Crippen molar-refractivity contribution in [3.8, 4) is 6.07 Å². The van der Waals surface area contributed by atoms with Crippen molar-refractivity contribution in [2.75, 3.05) is 12.3 Å². The van der Waals surface area contributed by atoms with Crippen molar-refractivity contribution in [1.82, 2.24) is 5.32 Å². The molecule has 1 aromatic carbocycles. The lowest BCUT2D eigenvalue weighted by Crippen LogP contribution is -2.22. The number of sulfone groups is 1. The summed E-state index contributed by atoms with van der Waals surface area (Å²) in [6, 6.07) is 12.0. The highest BCUT2D eigenvalue weighted by molar-refractivity contribution is 7.91. The van der Waals surface area contributed by atoms with E-state index in [1.165, 1.54) is 17.0 Å². The molecule has 0 amide bonds. The van der Waals surface area contributed by atoms with Gasteiger partial charge in [-0.15, -0.1) is 11.3 Å². The van der Waals surface area contributed by atoms with E-state index in [-0.39, 0.29) is 10.6 Å². The van der Waals surface area contributed by atoms with Gasteiger partial charge in [0.1, 0.15) is 0 Å². The molecule has 4 nitrogen and oxygen atoms in total. The maximum atomic E-state index is 12.1. The van der Waals surface area contributed by atoms with E-state index in [0.29, 0.717) is 18.7 Å². The maximum Gasteiger partial charge on any atom is 0.179 e. The number of nitriles is 1. The molecule has 1 N–H and O–H groups in total. The van der Waals surface area contributed by atoms with Gasteiger partial charge in [-0.3, -0.25) is 0 Å². The molecule has 0 saturated heterocycles. The van der Waals surface area contributed by atoms with Crippen LogP contribution in [0.3, 0.4) is 0 Å². The normalized spacial score (nSPS) is 11.2. The first-order valence-electron chi connectivity index (χ1n) is 6.08. The van der Waals surface area contributed by atoms with Crippen molar-refractivity contribution >= 4 is 21.2 Å². The largest absolute Gasteiger partial charge is 0.311 e. The highest BCUT2D eigenvalue weighted by atomic mass is 32.2. The third kappa shape index (κ3) is 3.90. The zero-order chi connectivity index (χ0) is 14.4. The van der Waals surface area contributed by atoms with Gasteiger partial charge in [0.15, 0.2) is 9.84 Å². The number of nitrogens with one attached hydrogen (secondary N) is 1. The maximum absolute atomic E-state index is 12.1. The van der Waals surface area contributed by atoms with E-state index in [1.54, 1.807) is 23.5 Å². The van der Waals surface area contributed by atoms with E-state index in [4.69, 9.17) is 5.26 Å². The molecule has 0 saturated carbocycles. The van der Waals surface area contributed by atoms with Crippen LogP contribution >= 0.6 is 11.3 Å². The smallest absolute Gasteiger partial charge is 0.179 e. The van der Waals surface area contributed by atoms with Crippen molar-refractivity contribution in [2.24, 2.45) is 0 Å². The third-order valence-corrected chi connectivity index (χ3v) is 5.34. The van der Waals surface area contributed by atoms with Crippen LogP contribution in [-0.4, -0.2) is 20.7 Å². The fraction of sp³-hybridized carbons (Fsp3) is 0.214. The number of nitrogens with zero attached hydrogens (tertiary/aromatic N) is 1. The van der Waals surface area contributed by atoms with E-state index < -0.39 is 9.84 Å². The molecule has 2 rings (SSSR count). The molecule has 0 radical (unpaired) electrons. The van der Waals surface area contributed by atoms with Gasteiger partial charge in [0.05, 0.1) is 22.3 Å². The SMILES string of the molecule is N#Cc1cccc(S(=O)(=O)CCNCc2cccs2)c1. The Labute approximate surface area is 122 Å². The van der Waals surface area contributed by atoms with Gasteiger partial charge in [-0.25, -0.2) is 8.42 Å². The van der Waals surface area contributed by atoms with Gasteiger partial charge in [-0.2, -0.15) is 5.26 Å². The number of rotatable bonds is 6. The van der Waals surface area contributed by atoms with E-state index in [1.807, 2.05) is 23.6 Å². The van der Waals surface area contributed by atoms with Gasteiger partial charge in [-0.05, 0) is 29.6 Å². The van der Waals surface area contributed by atoms with Gasteiger partial charge in [-0.1, -0.05) is 12.1 Å². The topological polar surface area (TPSA) is 70.0 Å². The summed E-state index contributed by atoms with van der Waals surface area (Å²) in [5, 5.41) is 13.9. The molecule has 0 aliphatic heterocycles. The Bertz CT molecular complexity index is 701. The summed E-state index contributed by atoms with van der Waals surface area (Å²) >= 11 is 1.63. The molecular formula is C14H14N2O2S2. The molecule has 1 heterocycles. The third-order valence-electron chi connectivity index (χ3n) is 2.75. The predicted octanol–water partition coefficient (Wildman–Crippen LogP) is 2.18. The lowest BCUT2D eigenvalue weighted by molar-refractivity contribution is 0.591. The fourth-order valence-corrected chi connectivity index (χ4v) is 3.62. The zero-order valence-electron chi connectivity index (χ0n) is 10.7. The Morgan fingerprint density at radius 3 is 2.80 bits per heavy atom. The molecular weight excluding hydrogens is 292 g/mol. The van der Waals surface area contributed by atoms with Crippen molar-refractivity contribution in [3.05, 3.63) is 52.2 Å². The Hall–Kier alpha value is -1.68. The molecule has 0 unspecified atom stereocenters. The second-order valence-corrected chi connectivity index (χ2v) is 7.36. The molecule has 104 valence electrons. The number of benzene rings is 1. The second kappa shape index (κ2) is 6.66. The van der Waals surface area contributed by atoms with Crippen molar-refractivity contribution in [2.45, 2.75) is 11.4 Å². The molecule has 0 atom stereocenters. The van der Waals surface area contributed by atoms with Gasteiger partial charge in [0.25, 0.3) is 0 Å². The van der Waals surface area contributed by atoms with Gasteiger partial charge < -0.3 is 5.32 Å². The van der Waals surface area contributed by atoms with Crippen LogP contribution in [0.1, 0.15) is 10.4 Å². The van der Waals surface area contributed by atoms with Crippen LogP contribution in [0.5, 0.6) is 0 Å². The number of hydrogen-bond donors (Lipinski definition) is 1. The van der Waals surface area contributed by atoms with E-state index in [9.17, 15) is 8.42 Å². The first-order chi connectivity index (χ1) is 9.62. The minimum absolute atomic E-state index is 0.0211. The molecule has 0 bridgehead atoms. The first-order valence-corrected chi connectivity index (χ1v) is 8.61. The summed E-state index contributed by atoms with van der Waals surface area (Å²) in [7, 11) is -3.34. The highest BCUT2D eigenvalue weighted by Crippen LogP contribution is 2.13. The van der Waals surface area contributed by atoms with Gasteiger partial charge >= 0.3 is 0 Å². The predicted molar refractivity (Wildman–Crippen MR) is 79.2 cm³/mol. The van der Waals surface area contributed by atoms with Crippen LogP contribution in [0.15, 0.2) is 46.7 Å². The molecule has 0 fully saturated rings. The first kappa shape index (κ1) is 14.7. The van der Waals surface area contributed by atoms with Crippen LogP contribution < -0.4 is 5.32 Å². The standard InChI is InChI=1S/C14H14N2O2S2/c15-10-12-3-1-5-14(9-12)20(17,18)8-6-16-11-13-4-2-7-19-13/h1-5,7,9,16H,6,8,11H2. The summed E-state index contributed by atoms with van der Waals surface area (Å²) < 4.78 is 24.2. The lowest BCUT2D eigenvalue weighted by Gasteiger charge is -2.06. The Morgan fingerprint density at radius 1 is 1.25 bits per heavy atom. The van der Waals surface area contributed by atoms with E-state index in [0.717, 1.165) is 0 Å². The van der Waals surface area contributed by atoms with E-state index in [2.05, 4.69) is 5.32 Å². The minimum atomic E-state index is -3.34. The Kier molecular flexibility index (Phi) is 4.90. The monoisotopic (exact) mass is 306 g/mol.